The zero-order valence-electron chi connectivity index (χ0n) is 14.9. The highest BCUT2D eigenvalue weighted by molar-refractivity contribution is 7.18. The molecule has 3 aromatic heterocycles. The van der Waals surface area contributed by atoms with Gasteiger partial charge in [0.1, 0.15) is 11.3 Å². The zero-order chi connectivity index (χ0) is 18.1. The van der Waals surface area contributed by atoms with Crippen molar-refractivity contribution < 1.29 is 0 Å². The molecule has 0 aliphatic carbocycles. The molecule has 134 valence electrons. The molecule has 0 amide bonds. The number of rotatable bonds is 6. The Morgan fingerprint density at radius 3 is 2.69 bits per heavy atom. The molecule has 0 bridgehead atoms. The number of benzene rings is 1. The van der Waals surface area contributed by atoms with Gasteiger partial charge < -0.3 is 16.0 Å². The number of fused-ring (bicyclic) bond motifs is 3. The molecule has 0 saturated carbocycles. The molecule has 0 radical (unpaired) electrons. The standard InChI is InChI=1S/C20H23N5S/c1-2-3-8-16-24-17-18(19-15(9-10-26-19)23-20(17)22)25(16)12-14-7-5-4-6-13(14)11-21/h4-7,9-10H,2-3,8,11-12,21H2,1H3,(H2,22,23). The summed E-state index contributed by atoms with van der Waals surface area (Å²) in [6.45, 7) is 3.48. The minimum absolute atomic E-state index is 0.509. The van der Waals surface area contributed by atoms with Crippen LogP contribution in [-0.4, -0.2) is 14.5 Å². The molecule has 0 saturated heterocycles. The van der Waals surface area contributed by atoms with Gasteiger partial charge in [0.15, 0.2) is 5.82 Å². The highest BCUT2D eigenvalue weighted by atomic mass is 32.1. The van der Waals surface area contributed by atoms with E-state index < -0.39 is 0 Å². The summed E-state index contributed by atoms with van der Waals surface area (Å²) in [6.07, 6.45) is 3.16. The summed E-state index contributed by atoms with van der Waals surface area (Å²) >= 11 is 1.69. The molecule has 0 aliphatic rings. The quantitative estimate of drug-likeness (QED) is 0.539. The van der Waals surface area contributed by atoms with E-state index in [1.165, 1.54) is 11.1 Å². The fraction of sp³-hybridized carbons (Fsp3) is 0.300. The molecule has 0 aliphatic heterocycles. The number of aromatic nitrogens is 3. The maximum atomic E-state index is 6.24. The molecule has 5 nitrogen and oxygen atoms in total. The first kappa shape index (κ1) is 17.0. The number of nitrogen functional groups attached to an aromatic ring is 1. The lowest BCUT2D eigenvalue weighted by Gasteiger charge is -2.13. The normalized spacial score (nSPS) is 11.6. The molecule has 0 atom stereocenters. The Hall–Kier alpha value is -2.44. The van der Waals surface area contributed by atoms with Crippen molar-refractivity contribution in [1.82, 2.24) is 14.5 Å². The van der Waals surface area contributed by atoms with Crippen LogP contribution in [0, 0.1) is 0 Å². The van der Waals surface area contributed by atoms with Crippen LogP contribution >= 0.6 is 11.3 Å². The highest BCUT2D eigenvalue weighted by Gasteiger charge is 2.18. The molecule has 0 spiro atoms. The highest BCUT2D eigenvalue weighted by Crippen LogP contribution is 2.33. The lowest BCUT2D eigenvalue weighted by molar-refractivity contribution is 0.688. The van der Waals surface area contributed by atoms with Crippen LogP contribution in [0.15, 0.2) is 35.7 Å². The van der Waals surface area contributed by atoms with Gasteiger partial charge in [-0.1, -0.05) is 37.6 Å². The Kier molecular flexibility index (Phi) is 4.61. The van der Waals surface area contributed by atoms with Gasteiger partial charge in [-0.2, -0.15) is 0 Å². The Morgan fingerprint density at radius 2 is 1.92 bits per heavy atom. The molecule has 26 heavy (non-hydrogen) atoms. The SMILES string of the molecule is CCCCc1nc2c(N)nc3ccsc3c2n1Cc1ccccc1CN. The Morgan fingerprint density at radius 1 is 1.12 bits per heavy atom. The summed E-state index contributed by atoms with van der Waals surface area (Å²) in [6, 6.07) is 10.4. The van der Waals surface area contributed by atoms with Crippen molar-refractivity contribution in [3.63, 3.8) is 0 Å². The van der Waals surface area contributed by atoms with Gasteiger partial charge in [-0.25, -0.2) is 9.97 Å². The van der Waals surface area contributed by atoms with Crippen molar-refractivity contribution >= 4 is 38.4 Å². The maximum absolute atomic E-state index is 6.24. The van der Waals surface area contributed by atoms with Gasteiger partial charge in [0.2, 0.25) is 0 Å². The van der Waals surface area contributed by atoms with E-state index in [1.807, 2.05) is 12.1 Å². The number of hydrogen-bond acceptors (Lipinski definition) is 5. The van der Waals surface area contributed by atoms with E-state index in [4.69, 9.17) is 16.5 Å². The number of nitrogens with two attached hydrogens (primary N) is 2. The van der Waals surface area contributed by atoms with Gasteiger partial charge in [0.25, 0.3) is 0 Å². The van der Waals surface area contributed by atoms with Crippen LogP contribution in [0.2, 0.25) is 0 Å². The van der Waals surface area contributed by atoms with Gasteiger partial charge >= 0.3 is 0 Å². The van der Waals surface area contributed by atoms with Crippen LogP contribution in [0.3, 0.4) is 0 Å². The first-order valence-corrected chi connectivity index (χ1v) is 9.89. The number of nitrogens with zero attached hydrogens (tertiary/aromatic N) is 3. The first-order valence-electron chi connectivity index (χ1n) is 9.01. The molecule has 6 heteroatoms. The van der Waals surface area contributed by atoms with Gasteiger partial charge in [-0.05, 0) is 29.0 Å². The van der Waals surface area contributed by atoms with Gasteiger partial charge in [0, 0.05) is 19.5 Å². The van der Waals surface area contributed by atoms with Gasteiger partial charge in [-0.15, -0.1) is 11.3 Å². The first-order chi connectivity index (χ1) is 12.7. The monoisotopic (exact) mass is 365 g/mol. The minimum atomic E-state index is 0.509. The van der Waals surface area contributed by atoms with Crippen molar-refractivity contribution in [3.05, 3.63) is 52.7 Å². The predicted octanol–water partition coefficient (Wildman–Crippen LogP) is 4.08. The largest absolute Gasteiger partial charge is 0.382 e. The number of anilines is 1. The number of imidazole rings is 1. The Bertz CT molecular complexity index is 1060. The molecule has 4 aromatic rings. The third kappa shape index (κ3) is 2.85. The van der Waals surface area contributed by atoms with Crippen molar-refractivity contribution in [2.45, 2.75) is 39.3 Å². The molecule has 4 rings (SSSR count). The van der Waals surface area contributed by atoms with Crippen LogP contribution < -0.4 is 11.5 Å². The molecule has 0 fully saturated rings. The van der Waals surface area contributed by atoms with E-state index in [2.05, 4.69) is 40.1 Å². The molecule has 0 unspecified atom stereocenters. The van der Waals surface area contributed by atoms with Crippen LogP contribution in [0.5, 0.6) is 0 Å². The smallest absolute Gasteiger partial charge is 0.152 e. The molecule has 4 N–H and O–H groups in total. The van der Waals surface area contributed by atoms with Crippen LogP contribution in [-0.2, 0) is 19.5 Å². The average Bonchev–Trinajstić information content (AvgIpc) is 3.25. The average molecular weight is 366 g/mol. The van der Waals surface area contributed by atoms with Crippen molar-refractivity contribution in [3.8, 4) is 0 Å². The summed E-state index contributed by atoms with van der Waals surface area (Å²) in [4.78, 5) is 9.41. The van der Waals surface area contributed by atoms with E-state index in [9.17, 15) is 0 Å². The summed E-state index contributed by atoms with van der Waals surface area (Å²) in [7, 11) is 0. The van der Waals surface area contributed by atoms with E-state index in [-0.39, 0.29) is 0 Å². The molecular weight excluding hydrogens is 342 g/mol. The topological polar surface area (TPSA) is 82.8 Å². The van der Waals surface area contributed by atoms with Crippen molar-refractivity contribution in [1.29, 1.82) is 0 Å². The van der Waals surface area contributed by atoms with Crippen LogP contribution in [0.1, 0.15) is 36.7 Å². The molecule has 1 aromatic carbocycles. The second-order valence-electron chi connectivity index (χ2n) is 6.52. The molecule has 3 heterocycles. The third-order valence-electron chi connectivity index (χ3n) is 4.81. The predicted molar refractivity (Wildman–Crippen MR) is 109 cm³/mol. The third-order valence-corrected chi connectivity index (χ3v) is 5.72. The Labute approximate surface area is 156 Å². The zero-order valence-corrected chi connectivity index (χ0v) is 15.7. The van der Waals surface area contributed by atoms with E-state index >= 15 is 0 Å². The summed E-state index contributed by atoms with van der Waals surface area (Å²) < 4.78 is 3.46. The molecular formula is C20H23N5S. The van der Waals surface area contributed by atoms with E-state index in [0.717, 1.165) is 52.9 Å². The Balaban J connectivity index is 1.95. The van der Waals surface area contributed by atoms with Gasteiger partial charge in [0.05, 0.1) is 15.7 Å². The number of unbranched alkanes of at least 4 members (excludes halogenated alkanes) is 1. The summed E-state index contributed by atoms with van der Waals surface area (Å²) in [5.74, 6) is 1.58. The number of aryl methyl sites for hydroxylation is 1. The minimum Gasteiger partial charge on any atom is -0.382 e. The van der Waals surface area contributed by atoms with Crippen molar-refractivity contribution in [2.75, 3.05) is 5.73 Å². The number of hydrogen-bond donors (Lipinski definition) is 2. The summed E-state index contributed by atoms with van der Waals surface area (Å²) in [5, 5.41) is 2.06. The number of pyridine rings is 1. The van der Waals surface area contributed by atoms with Gasteiger partial charge in [-0.3, -0.25) is 0 Å². The van der Waals surface area contributed by atoms with E-state index in [1.54, 1.807) is 11.3 Å². The number of thiophene rings is 1. The lowest BCUT2D eigenvalue weighted by Crippen LogP contribution is -2.09. The van der Waals surface area contributed by atoms with Crippen LogP contribution in [0.25, 0.3) is 21.3 Å². The fourth-order valence-corrected chi connectivity index (χ4v) is 4.32. The maximum Gasteiger partial charge on any atom is 0.152 e. The second-order valence-corrected chi connectivity index (χ2v) is 7.44. The second kappa shape index (κ2) is 7.05. The van der Waals surface area contributed by atoms with Crippen LogP contribution in [0.4, 0.5) is 5.82 Å². The lowest BCUT2D eigenvalue weighted by atomic mass is 10.1. The summed E-state index contributed by atoms with van der Waals surface area (Å²) in [5.41, 5.74) is 17.4. The van der Waals surface area contributed by atoms with Crippen molar-refractivity contribution in [2.24, 2.45) is 5.73 Å². The fourth-order valence-electron chi connectivity index (χ4n) is 3.44. The van der Waals surface area contributed by atoms with E-state index in [0.29, 0.717) is 12.4 Å².